The van der Waals surface area contributed by atoms with Gasteiger partial charge in [0.2, 0.25) is 0 Å². The SMILES string of the molecule is CC(C)(N)CNCCc1ccc2c(c1)NC(=O)CO2. The summed E-state index contributed by atoms with van der Waals surface area (Å²) in [6, 6.07) is 5.88. The molecule has 0 radical (unpaired) electrons. The summed E-state index contributed by atoms with van der Waals surface area (Å²) in [5, 5.41) is 6.13. The Morgan fingerprint density at radius 3 is 3.00 bits per heavy atom. The number of amides is 1. The molecule has 1 amide bonds. The van der Waals surface area contributed by atoms with Gasteiger partial charge >= 0.3 is 0 Å². The van der Waals surface area contributed by atoms with E-state index in [-0.39, 0.29) is 18.1 Å². The van der Waals surface area contributed by atoms with Gasteiger partial charge in [0.25, 0.3) is 5.91 Å². The van der Waals surface area contributed by atoms with E-state index in [9.17, 15) is 4.79 Å². The van der Waals surface area contributed by atoms with Crippen molar-refractivity contribution in [3.63, 3.8) is 0 Å². The van der Waals surface area contributed by atoms with Crippen LogP contribution in [-0.4, -0.2) is 31.1 Å². The summed E-state index contributed by atoms with van der Waals surface area (Å²) in [5.41, 5.74) is 7.61. The molecular weight excluding hydrogens is 242 g/mol. The standard InChI is InChI=1S/C14H21N3O2/c1-14(2,15)9-16-6-5-10-3-4-12-11(7-10)17-13(18)8-19-12/h3-4,7,16H,5-6,8-9,15H2,1-2H3,(H,17,18). The lowest BCUT2D eigenvalue weighted by atomic mass is 10.1. The number of ether oxygens (including phenoxy) is 1. The average Bonchev–Trinajstić information content (AvgIpc) is 2.33. The van der Waals surface area contributed by atoms with Crippen molar-refractivity contribution in [3.05, 3.63) is 23.8 Å². The van der Waals surface area contributed by atoms with E-state index in [1.807, 2.05) is 32.0 Å². The second-order valence-electron chi connectivity index (χ2n) is 5.58. The highest BCUT2D eigenvalue weighted by atomic mass is 16.5. The van der Waals surface area contributed by atoms with Crippen molar-refractivity contribution in [3.8, 4) is 5.75 Å². The Bertz CT molecular complexity index is 466. The van der Waals surface area contributed by atoms with Crippen molar-refractivity contribution in [1.82, 2.24) is 5.32 Å². The number of hydrogen-bond donors (Lipinski definition) is 3. The number of nitrogens with two attached hydrogens (primary N) is 1. The van der Waals surface area contributed by atoms with Crippen molar-refractivity contribution in [2.45, 2.75) is 25.8 Å². The first-order valence-corrected chi connectivity index (χ1v) is 6.49. The molecule has 1 aromatic carbocycles. The number of fused-ring (bicyclic) bond motifs is 1. The van der Waals surface area contributed by atoms with Gasteiger partial charge in [0.05, 0.1) is 5.69 Å². The van der Waals surface area contributed by atoms with Crippen LogP contribution in [0.25, 0.3) is 0 Å². The molecule has 19 heavy (non-hydrogen) atoms. The van der Waals surface area contributed by atoms with E-state index in [4.69, 9.17) is 10.5 Å². The maximum absolute atomic E-state index is 11.2. The fourth-order valence-corrected chi connectivity index (χ4v) is 1.93. The molecule has 0 saturated carbocycles. The van der Waals surface area contributed by atoms with Gasteiger partial charge < -0.3 is 21.1 Å². The van der Waals surface area contributed by atoms with E-state index >= 15 is 0 Å². The van der Waals surface area contributed by atoms with Gasteiger partial charge in [-0.05, 0) is 44.5 Å². The van der Waals surface area contributed by atoms with Crippen LogP contribution in [0.5, 0.6) is 5.75 Å². The molecule has 1 aromatic rings. The highest BCUT2D eigenvalue weighted by Crippen LogP contribution is 2.28. The normalized spacial score (nSPS) is 14.6. The van der Waals surface area contributed by atoms with Gasteiger partial charge in [-0.15, -0.1) is 0 Å². The van der Waals surface area contributed by atoms with Crippen molar-refractivity contribution in [2.24, 2.45) is 5.73 Å². The van der Waals surface area contributed by atoms with E-state index in [1.54, 1.807) is 0 Å². The lowest BCUT2D eigenvalue weighted by Crippen LogP contribution is -2.43. The molecule has 0 aromatic heterocycles. The Morgan fingerprint density at radius 1 is 1.47 bits per heavy atom. The third kappa shape index (κ3) is 4.22. The molecule has 0 saturated heterocycles. The molecular formula is C14H21N3O2. The van der Waals surface area contributed by atoms with Gasteiger partial charge in [-0.3, -0.25) is 4.79 Å². The largest absolute Gasteiger partial charge is 0.482 e. The van der Waals surface area contributed by atoms with E-state index in [0.717, 1.165) is 36.5 Å². The quantitative estimate of drug-likeness (QED) is 0.689. The Balaban J connectivity index is 1.88. The third-order valence-electron chi connectivity index (χ3n) is 2.85. The lowest BCUT2D eigenvalue weighted by Gasteiger charge is -2.20. The molecule has 1 heterocycles. The predicted octanol–water partition coefficient (Wildman–Crippen LogP) is 0.887. The van der Waals surface area contributed by atoms with Crippen molar-refractivity contribution < 1.29 is 9.53 Å². The van der Waals surface area contributed by atoms with Crippen LogP contribution in [-0.2, 0) is 11.2 Å². The third-order valence-corrected chi connectivity index (χ3v) is 2.85. The summed E-state index contributed by atoms with van der Waals surface area (Å²) < 4.78 is 5.32. The van der Waals surface area contributed by atoms with E-state index in [1.165, 1.54) is 0 Å². The minimum absolute atomic E-state index is 0.0967. The summed E-state index contributed by atoms with van der Waals surface area (Å²) in [4.78, 5) is 11.2. The topological polar surface area (TPSA) is 76.4 Å². The number of nitrogens with one attached hydrogen (secondary N) is 2. The van der Waals surface area contributed by atoms with Crippen LogP contribution in [0, 0.1) is 0 Å². The zero-order valence-corrected chi connectivity index (χ0v) is 11.5. The van der Waals surface area contributed by atoms with Crippen molar-refractivity contribution in [1.29, 1.82) is 0 Å². The molecule has 1 aliphatic heterocycles. The van der Waals surface area contributed by atoms with E-state index in [2.05, 4.69) is 10.6 Å². The second-order valence-corrected chi connectivity index (χ2v) is 5.58. The molecule has 0 bridgehead atoms. The Kier molecular flexibility index (Phi) is 4.07. The molecule has 104 valence electrons. The first-order chi connectivity index (χ1) is 8.94. The van der Waals surface area contributed by atoms with Crippen LogP contribution in [0.15, 0.2) is 18.2 Å². The van der Waals surface area contributed by atoms with Crippen LogP contribution < -0.4 is 21.1 Å². The Labute approximate surface area is 113 Å². The molecule has 0 fully saturated rings. The fourth-order valence-electron chi connectivity index (χ4n) is 1.93. The molecule has 0 atom stereocenters. The summed E-state index contributed by atoms with van der Waals surface area (Å²) in [6.07, 6.45) is 0.888. The van der Waals surface area contributed by atoms with E-state index < -0.39 is 0 Å². The summed E-state index contributed by atoms with van der Waals surface area (Å²) in [7, 11) is 0. The summed E-state index contributed by atoms with van der Waals surface area (Å²) in [5.74, 6) is 0.632. The molecule has 5 nitrogen and oxygen atoms in total. The first-order valence-electron chi connectivity index (χ1n) is 6.49. The maximum atomic E-state index is 11.2. The fraction of sp³-hybridized carbons (Fsp3) is 0.500. The maximum Gasteiger partial charge on any atom is 0.262 e. The average molecular weight is 263 g/mol. The number of anilines is 1. The van der Waals surface area contributed by atoms with Gasteiger partial charge in [-0.2, -0.15) is 0 Å². The van der Waals surface area contributed by atoms with Crippen molar-refractivity contribution in [2.75, 3.05) is 25.0 Å². The van der Waals surface area contributed by atoms with Crippen LogP contribution in [0.4, 0.5) is 5.69 Å². The molecule has 0 aliphatic carbocycles. The molecule has 0 spiro atoms. The zero-order chi connectivity index (χ0) is 13.9. The molecule has 0 unspecified atom stereocenters. The molecule has 2 rings (SSSR count). The number of carbonyl (C=O) groups excluding carboxylic acids is 1. The van der Waals surface area contributed by atoms with Crippen LogP contribution in [0.3, 0.4) is 0 Å². The van der Waals surface area contributed by atoms with Crippen LogP contribution in [0.2, 0.25) is 0 Å². The summed E-state index contributed by atoms with van der Waals surface area (Å²) >= 11 is 0. The van der Waals surface area contributed by atoms with Gasteiger partial charge in [0.1, 0.15) is 5.75 Å². The monoisotopic (exact) mass is 263 g/mol. The highest BCUT2D eigenvalue weighted by Gasteiger charge is 2.15. The zero-order valence-electron chi connectivity index (χ0n) is 11.5. The Morgan fingerprint density at radius 2 is 2.26 bits per heavy atom. The molecule has 1 aliphatic rings. The van der Waals surface area contributed by atoms with E-state index in [0.29, 0.717) is 0 Å². The summed E-state index contributed by atoms with van der Waals surface area (Å²) in [6.45, 7) is 5.71. The smallest absolute Gasteiger partial charge is 0.262 e. The second kappa shape index (κ2) is 5.59. The lowest BCUT2D eigenvalue weighted by molar-refractivity contribution is -0.118. The van der Waals surface area contributed by atoms with Gasteiger partial charge in [-0.1, -0.05) is 6.07 Å². The van der Waals surface area contributed by atoms with Crippen LogP contribution >= 0.6 is 0 Å². The van der Waals surface area contributed by atoms with Gasteiger partial charge in [0.15, 0.2) is 6.61 Å². The highest BCUT2D eigenvalue weighted by molar-refractivity contribution is 5.95. The van der Waals surface area contributed by atoms with Crippen LogP contribution in [0.1, 0.15) is 19.4 Å². The number of rotatable bonds is 5. The minimum atomic E-state index is -0.197. The van der Waals surface area contributed by atoms with Gasteiger partial charge in [0, 0.05) is 12.1 Å². The Hall–Kier alpha value is -1.59. The first kappa shape index (κ1) is 13.8. The number of carbonyl (C=O) groups is 1. The van der Waals surface area contributed by atoms with Crippen molar-refractivity contribution >= 4 is 11.6 Å². The molecule has 5 heteroatoms. The number of benzene rings is 1. The number of hydrogen-bond acceptors (Lipinski definition) is 4. The minimum Gasteiger partial charge on any atom is -0.482 e. The molecule has 4 N–H and O–H groups in total. The predicted molar refractivity (Wildman–Crippen MR) is 75.4 cm³/mol. The van der Waals surface area contributed by atoms with Gasteiger partial charge in [-0.25, -0.2) is 0 Å².